The number of carbonyl (C=O) groups is 1. The quantitative estimate of drug-likeness (QED) is 0.181. The van der Waals surface area contributed by atoms with E-state index in [1.54, 1.807) is 0 Å². The zero-order valence-corrected chi connectivity index (χ0v) is 15.2. The van der Waals surface area contributed by atoms with Gasteiger partial charge in [0.1, 0.15) is 0 Å². The van der Waals surface area contributed by atoms with Crippen LogP contribution < -0.4 is 0 Å². The summed E-state index contributed by atoms with van der Waals surface area (Å²) in [5, 5.41) is 8.52. The summed E-state index contributed by atoms with van der Waals surface area (Å²) in [6, 6.07) is 0. The second-order valence-electron chi connectivity index (χ2n) is 6.01. The van der Waals surface area contributed by atoms with Gasteiger partial charge in [-0.1, -0.05) is 77.0 Å². The highest BCUT2D eigenvalue weighted by molar-refractivity contribution is 7.99. The van der Waals surface area contributed by atoms with E-state index in [1.165, 1.54) is 70.6 Å². The van der Waals surface area contributed by atoms with E-state index < -0.39 is 5.97 Å². The Hall–Kier alpha value is 0.170. The average molecular weight is 335 g/mol. The van der Waals surface area contributed by atoms with Gasteiger partial charge in [0.25, 0.3) is 0 Å². The highest BCUT2D eigenvalue weighted by Crippen LogP contribution is 2.15. The Labute approximate surface area is 142 Å². The third-order valence-electron chi connectivity index (χ3n) is 3.85. The summed E-state index contributed by atoms with van der Waals surface area (Å²) < 4.78 is 0.258. The zero-order valence-electron chi connectivity index (χ0n) is 13.4. The third kappa shape index (κ3) is 20.2. The average Bonchev–Trinajstić information content (AvgIpc) is 2.42. The fourth-order valence-corrected chi connectivity index (χ4v) is 2.91. The molecular formula is C17H34O2S2. The lowest BCUT2D eigenvalue weighted by Crippen LogP contribution is -1.93. The van der Waals surface area contributed by atoms with Crippen molar-refractivity contribution < 1.29 is 9.90 Å². The number of carboxylic acids is 1. The molecule has 4 heteroatoms. The number of rotatable bonds is 16. The lowest BCUT2D eigenvalue weighted by Gasteiger charge is -2.04. The first kappa shape index (κ1) is 21.2. The van der Waals surface area contributed by atoms with Crippen molar-refractivity contribution in [3.05, 3.63) is 0 Å². The van der Waals surface area contributed by atoms with Gasteiger partial charge in [-0.3, -0.25) is 4.79 Å². The van der Waals surface area contributed by atoms with Crippen LogP contribution in [-0.2, 0) is 4.79 Å². The van der Waals surface area contributed by atoms with Gasteiger partial charge < -0.3 is 5.11 Å². The third-order valence-corrected chi connectivity index (χ3v) is 4.37. The molecule has 0 radical (unpaired) electrons. The first-order valence-electron chi connectivity index (χ1n) is 8.71. The van der Waals surface area contributed by atoms with Crippen LogP contribution in [0.5, 0.6) is 0 Å². The molecule has 1 N–H and O–H groups in total. The van der Waals surface area contributed by atoms with E-state index in [0.717, 1.165) is 19.3 Å². The summed E-state index contributed by atoms with van der Waals surface area (Å²) in [6.07, 6.45) is 18.0. The van der Waals surface area contributed by atoms with Crippen LogP contribution in [0.2, 0.25) is 0 Å². The Morgan fingerprint density at radius 3 is 1.33 bits per heavy atom. The Morgan fingerprint density at radius 1 is 0.667 bits per heavy atom. The predicted molar refractivity (Wildman–Crippen MR) is 98.7 cm³/mol. The van der Waals surface area contributed by atoms with Crippen LogP contribution in [0.15, 0.2) is 0 Å². The second kappa shape index (κ2) is 16.5. The summed E-state index contributed by atoms with van der Waals surface area (Å²) in [5.74, 6) is -0.661. The highest BCUT2D eigenvalue weighted by atomic mass is 32.2. The van der Waals surface area contributed by atoms with E-state index in [1.807, 2.05) is 0 Å². The molecule has 126 valence electrons. The fraction of sp³-hybridized carbons (Fsp3) is 0.941. The Kier molecular flexibility index (Phi) is 16.7. The lowest BCUT2D eigenvalue weighted by atomic mass is 10.0. The minimum absolute atomic E-state index is 0.258. The van der Waals surface area contributed by atoms with Gasteiger partial charge in [0.2, 0.25) is 0 Å². The van der Waals surface area contributed by atoms with Gasteiger partial charge in [0, 0.05) is 11.0 Å². The minimum atomic E-state index is -0.661. The van der Waals surface area contributed by atoms with Crippen molar-refractivity contribution in [2.45, 2.75) is 101 Å². The molecule has 0 rings (SSSR count). The first-order chi connectivity index (χ1) is 10.1. The highest BCUT2D eigenvalue weighted by Gasteiger charge is 1.97. The number of unbranched alkanes of at least 4 members (excludes halogenated alkanes) is 12. The molecule has 0 aliphatic carbocycles. The number of hydrogen-bond acceptors (Lipinski definition) is 3. The van der Waals surface area contributed by atoms with Gasteiger partial charge in [-0.2, -0.15) is 25.3 Å². The smallest absolute Gasteiger partial charge is 0.303 e. The van der Waals surface area contributed by atoms with E-state index in [-0.39, 0.29) is 4.58 Å². The van der Waals surface area contributed by atoms with Crippen molar-refractivity contribution in [1.29, 1.82) is 0 Å². The van der Waals surface area contributed by atoms with Gasteiger partial charge in [-0.15, -0.1) is 0 Å². The molecule has 0 aliphatic heterocycles. The monoisotopic (exact) mass is 334 g/mol. The van der Waals surface area contributed by atoms with Gasteiger partial charge in [-0.25, -0.2) is 0 Å². The Morgan fingerprint density at radius 2 is 1.00 bits per heavy atom. The van der Waals surface area contributed by atoms with E-state index in [4.69, 9.17) is 5.11 Å². The van der Waals surface area contributed by atoms with Gasteiger partial charge in [-0.05, 0) is 12.8 Å². The van der Waals surface area contributed by atoms with Crippen molar-refractivity contribution >= 4 is 31.2 Å². The van der Waals surface area contributed by atoms with Crippen LogP contribution >= 0.6 is 25.3 Å². The number of thiol groups is 2. The van der Waals surface area contributed by atoms with Crippen LogP contribution in [0.3, 0.4) is 0 Å². The molecular weight excluding hydrogens is 300 g/mol. The van der Waals surface area contributed by atoms with E-state index in [2.05, 4.69) is 25.3 Å². The first-order valence-corrected chi connectivity index (χ1v) is 9.74. The summed E-state index contributed by atoms with van der Waals surface area (Å²) in [6.45, 7) is 0. The summed E-state index contributed by atoms with van der Waals surface area (Å²) in [4.78, 5) is 10.3. The largest absolute Gasteiger partial charge is 0.481 e. The van der Waals surface area contributed by atoms with Crippen molar-refractivity contribution in [2.24, 2.45) is 0 Å². The molecule has 0 fully saturated rings. The van der Waals surface area contributed by atoms with Crippen molar-refractivity contribution in [2.75, 3.05) is 0 Å². The van der Waals surface area contributed by atoms with Crippen LogP contribution in [-0.4, -0.2) is 15.7 Å². The molecule has 2 nitrogen and oxygen atoms in total. The molecule has 0 unspecified atom stereocenters. The lowest BCUT2D eigenvalue weighted by molar-refractivity contribution is -0.137. The maximum atomic E-state index is 10.3. The number of hydrogen-bond donors (Lipinski definition) is 3. The van der Waals surface area contributed by atoms with Crippen LogP contribution in [0.4, 0.5) is 0 Å². The summed E-state index contributed by atoms with van der Waals surface area (Å²) in [5.41, 5.74) is 0. The molecule has 0 bridgehead atoms. The number of carboxylic acid groups (broad SMARTS) is 1. The van der Waals surface area contributed by atoms with Crippen molar-refractivity contribution in [3.8, 4) is 0 Å². The van der Waals surface area contributed by atoms with Crippen molar-refractivity contribution in [3.63, 3.8) is 0 Å². The molecule has 0 spiro atoms. The maximum absolute atomic E-state index is 10.3. The van der Waals surface area contributed by atoms with Gasteiger partial charge in [0.05, 0.1) is 0 Å². The SMILES string of the molecule is O=C(O)CCCCCCCCCCCCCCCC(S)S. The molecule has 0 amide bonds. The van der Waals surface area contributed by atoms with Crippen LogP contribution in [0, 0.1) is 0 Å². The predicted octanol–water partition coefficient (Wildman–Crippen LogP) is 6.11. The molecule has 0 saturated carbocycles. The normalized spacial score (nSPS) is 11.2. The number of aliphatic carboxylic acids is 1. The van der Waals surface area contributed by atoms with Gasteiger partial charge >= 0.3 is 5.97 Å². The van der Waals surface area contributed by atoms with Gasteiger partial charge in [0.15, 0.2) is 0 Å². The molecule has 0 atom stereocenters. The van der Waals surface area contributed by atoms with E-state index in [0.29, 0.717) is 6.42 Å². The summed E-state index contributed by atoms with van der Waals surface area (Å²) >= 11 is 8.53. The molecule has 0 aliphatic rings. The van der Waals surface area contributed by atoms with E-state index in [9.17, 15) is 4.79 Å². The Balaban J connectivity index is 2.98. The molecule has 0 aromatic rings. The molecule has 0 aromatic heterocycles. The van der Waals surface area contributed by atoms with Crippen LogP contribution in [0.25, 0.3) is 0 Å². The second-order valence-corrected chi connectivity index (χ2v) is 7.66. The maximum Gasteiger partial charge on any atom is 0.303 e. The van der Waals surface area contributed by atoms with Crippen molar-refractivity contribution in [1.82, 2.24) is 0 Å². The molecule has 21 heavy (non-hydrogen) atoms. The van der Waals surface area contributed by atoms with Crippen LogP contribution in [0.1, 0.15) is 96.3 Å². The minimum Gasteiger partial charge on any atom is -0.481 e. The Bertz CT molecular complexity index is 233. The fourth-order valence-electron chi connectivity index (χ4n) is 2.55. The van der Waals surface area contributed by atoms with E-state index >= 15 is 0 Å². The molecule has 0 aromatic carbocycles. The molecule has 0 heterocycles. The summed E-state index contributed by atoms with van der Waals surface area (Å²) in [7, 11) is 0. The zero-order chi connectivity index (χ0) is 15.8. The standard InChI is InChI=1S/C17H34O2S2/c18-16(19)14-12-10-8-6-4-2-1-3-5-7-9-11-13-15-17(20)21/h17,20-21H,1-15H2,(H,18,19). The topological polar surface area (TPSA) is 37.3 Å². The molecule has 0 saturated heterocycles.